The molecule has 1 saturated heterocycles. The number of carbonyl (C=O) groups is 1. The van der Waals surface area contributed by atoms with Gasteiger partial charge >= 0.3 is 0 Å². The van der Waals surface area contributed by atoms with Gasteiger partial charge in [0.2, 0.25) is 0 Å². The van der Waals surface area contributed by atoms with Gasteiger partial charge < -0.3 is 20.7 Å². The molecule has 3 rings (SSSR count). The predicted molar refractivity (Wildman–Crippen MR) is 93.0 cm³/mol. The Labute approximate surface area is 136 Å². The molecule has 0 saturated carbocycles. The van der Waals surface area contributed by atoms with Crippen LogP contribution in [0.1, 0.15) is 15.9 Å². The lowest BCUT2D eigenvalue weighted by Gasteiger charge is -2.30. The second kappa shape index (κ2) is 6.71. The number of morpholine rings is 1. The van der Waals surface area contributed by atoms with Crippen LogP contribution in [0, 0.1) is 6.92 Å². The summed E-state index contributed by atoms with van der Waals surface area (Å²) in [7, 11) is 0. The highest BCUT2D eigenvalue weighted by molar-refractivity contribution is 6.08. The van der Waals surface area contributed by atoms with E-state index in [-0.39, 0.29) is 5.91 Å². The Balaban J connectivity index is 1.86. The van der Waals surface area contributed by atoms with E-state index in [1.54, 1.807) is 6.07 Å². The zero-order valence-corrected chi connectivity index (χ0v) is 13.2. The molecule has 0 aliphatic carbocycles. The normalized spacial score (nSPS) is 14.6. The molecule has 0 bridgehead atoms. The zero-order chi connectivity index (χ0) is 16.2. The number of rotatable bonds is 3. The van der Waals surface area contributed by atoms with E-state index in [1.807, 2.05) is 43.3 Å². The topological polar surface area (TPSA) is 67.6 Å². The SMILES string of the molecule is Cc1ccc(NC(=O)c2cc(N)ccc2N2CCOCC2)cc1. The number of ether oxygens (including phenoxy) is 1. The van der Waals surface area contributed by atoms with E-state index in [2.05, 4.69) is 10.2 Å². The third kappa shape index (κ3) is 3.63. The molecule has 0 atom stereocenters. The molecule has 3 N–H and O–H groups in total. The quantitative estimate of drug-likeness (QED) is 0.855. The van der Waals surface area contributed by atoms with Crippen molar-refractivity contribution in [2.75, 3.05) is 42.3 Å². The number of benzene rings is 2. The van der Waals surface area contributed by atoms with E-state index in [0.717, 1.165) is 30.0 Å². The van der Waals surface area contributed by atoms with Crippen molar-refractivity contribution in [3.05, 3.63) is 53.6 Å². The van der Waals surface area contributed by atoms with Crippen LogP contribution in [0.25, 0.3) is 0 Å². The number of amides is 1. The number of nitrogens with one attached hydrogen (secondary N) is 1. The molecule has 5 nitrogen and oxygen atoms in total. The molecule has 0 radical (unpaired) electrons. The molecule has 1 aliphatic rings. The van der Waals surface area contributed by atoms with Gasteiger partial charge in [-0.3, -0.25) is 4.79 Å². The first kappa shape index (κ1) is 15.4. The standard InChI is InChI=1S/C18H21N3O2/c1-13-2-5-15(6-3-13)20-18(22)16-12-14(19)4-7-17(16)21-8-10-23-11-9-21/h2-7,12H,8-11,19H2,1H3,(H,20,22). The number of nitrogens with two attached hydrogens (primary N) is 1. The Morgan fingerprint density at radius 2 is 1.83 bits per heavy atom. The summed E-state index contributed by atoms with van der Waals surface area (Å²) in [6.45, 7) is 4.90. The van der Waals surface area contributed by atoms with Gasteiger partial charge in [0.15, 0.2) is 0 Å². The molecule has 2 aromatic carbocycles. The lowest BCUT2D eigenvalue weighted by Crippen LogP contribution is -2.37. The minimum Gasteiger partial charge on any atom is -0.399 e. The number of nitrogen functional groups attached to an aromatic ring is 1. The maximum Gasteiger partial charge on any atom is 0.257 e. The molecule has 0 aromatic heterocycles. The smallest absolute Gasteiger partial charge is 0.257 e. The van der Waals surface area contributed by atoms with Crippen molar-refractivity contribution < 1.29 is 9.53 Å². The van der Waals surface area contributed by atoms with Crippen LogP contribution in [0.3, 0.4) is 0 Å². The Morgan fingerprint density at radius 3 is 2.52 bits per heavy atom. The van der Waals surface area contributed by atoms with Crippen LogP contribution in [0.2, 0.25) is 0 Å². The van der Waals surface area contributed by atoms with E-state index in [9.17, 15) is 4.79 Å². The van der Waals surface area contributed by atoms with Gasteiger partial charge in [0.05, 0.1) is 18.8 Å². The predicted octanol–water partition coefficient (Wildman–Crippen LogP) is 2.67. The summed E-state index contributed by atoms with van der Waals surface area (Å²) in [5, 5.41) is 2.94. The fourth-order valence-corrected chi connectivity index (χ4v) is 2.65. The Hall–Kier alpha value is -2.53. The Bertz CT molecular complexity index is 692. The van der Waals surface area contributed by atoms with Crippen LogP contribution >= 0.6 is 0 Å². The summed E-state index contributed by atoms with van der Waals surface area (Å²) in [4.78, 5) is 14.8. The molecule has 0 unspecified atom stereocenters. The first-order chi connectivity index (χ1) is 11.1. The lowest BCUT2D eigenvalue weighted by molar-refractivity contribution is 0.102. The fourth-order valence-electron chi connectivity index (χ4n) is 2.65. The summed E-state index contributed by atoms with van der Waals surface area (Å²) < 4.78 is 5.39. The molecular formula is C18H21N3O2. The molecule has 1 amide bonds. The molecule has 23 heavy (non-hydrogen) atoms. The highest BCUT2D eigenvalue weighted by Gasteiger charge is 2.19. The van der Waals surface area contributed by atoms with Crippen LogP contribution in [-0.2, 0) is 4.74 Å². The minimum atomic E-state index is -0.150. The fraction of sp³-hybridized carbons (Fsp3) is 0.278. The van der Waals surface area contributed by atoms with Crippen LogP contribution in [0.5, 0.6) is 0 Å². The van der Waals surface area contributed by atoms with Gasteiger partial charge in [-0.05, 0) is 37.3 Å². The van der Waals surface area contributed by atoms with Crippen molar-refractivity contribution in [3.8, 4) is 0 Å². The molecule has 1 aliphatic heterocycles. The average Bonchev–Trinajstić information content (AvgIpc) is 2.57. The molecular weight excluding hydrogens is 290 g/mol. The number of hydrogen-bond donors (Lipinski definition) is 2. The van der Waals surface area contributed by atoms with Crippen LogP contribution in [0.4, 0.5) is 17.1 Å². The zero-order valence-electron chi connectivity index (χ0n) is 13.2. The van der Waals surface area contributed by atoms with Crippen molar-refractivity contribution in [2.24, 2.45) is 0 Å². The van der Waals surface area contributed by atoms with Gasteiger partial charge in [-0.25, -0.2) is 0 Å². The van der Waals surface area contributed by atoms with E-state index in [0.29, 0.717) is 24.5 Å². The first-order valence-electron chi connectivity index (χ1n) is 7.74. The highest BCUT2D eigenvalue weighted by Crippen LogP contribution is 2.25. The van der Waals surface area contributed by atoms with Crippen LogP contribution in [-0.4, -0.2) is 32.2 Å². The summed E-state index contributed by atoms with van der Waals surface area (Å²) in [6, 6.07) is 13.2. The van der Waals surface area contributed by atoms with Gasteiger partial charge in [-0.1, -0.05) is 17.7 Å². The van der Waals surface area contributed by atoms with Gasteiger partial charge in [0.25, 0.3) is 5.91 Å². The second-order valence-corrected chi connectivity index (χ2v) is 5.70. The van der Waals surface area contributed by atoms with Gasteiger partial charge in [-0.15, -0.1) is 0 Å². The number of carbonyl (C=O) groups excluding carboxylic acids is 1. The van der Waals surface area contributed by atoms with E-state index in [4.69, 9.17) is 10.5 Å². The molecule has 1 fully saturated rings. The average molecular weight is 311 g/mol. The Kier molecular flexibility index (Phi) is 4.48. The first-order valence-corrected chi connectivity index (χ1v) is 7.74. The van der Waals surface area contributed by atoms with Crippen molar-refractivity contribution in [3.63, 3.8) is 0 Å². The van der Waals surface area contributed by atoms with Gasteiger partial charge in [0, 0.05) is 30.2 Å². The molecule has 2 aromatic rings. The third-order valence-corrected chi connectivity index (χ3v) is 3.93. The number of hydrogen-bond acceptors (Lipinski definition) is 4. The summed E-state index contributed by atoms with van der Waals surface area (Å²) >= 11 is 0. The van der Waals surface area contributed by atoms with Crippen LogP contribution in [0.15, 0.2) is 42.5 Å². The maximum atomic E-state index is 12.7. The monoisotopic (exact) mass is 311 g/mol. The second-order valence-electron chi connectivity index (χ2n) is 5.70. The number of aryl methyl sites for hydroxylation is 1. The van der Waals surface area contributed by atoms with E-state index < -0.39 is 0 Å². The molecule has 1 heterocycles. The summed E-state index contributed by atoms with van der Waals surface area (Å²) in [6.07, 6.45) is 0. The van der Waals surface area contributed by atoms with Gasteiger partial charge in [0.1, 0.15) is 0 Å². The third-order valence-electron chi connectivity index (χ3n) is 3.93. The van der Waals surface area contributed by atoms with E-state index >= 15 is 0 Å². The lowest BCUT2D eigenvalue weighted by atomic mass is 10.1. The van der Waals surface area contributed by atoms with Crippen LogP contribution < -0.4 is 16.0 Å². The van der Waals surface area contributed by atoms with Crippen molar-refractivity contribution in [1.29, 1.82) is 0 Å². The van der Waals surface area contributed by atoms with Crippen molar-refractivity contribution in [2.45, 2.75) is 6.92 Å². The number of anilines is 3. The van der Waals surface area contributed by atoms with Gasteiger partial charge in [-0.2, -0.15) is 0 Å². The molecule has 0 spiro atoms. The minimum absolute atomic E-state index is 0.150. The largest absolute Gasteiger partial charge is 0.399 e. The Morgan fingerprint density at radius 1 is 1.13 bits per heavy atom. The number of nitrogens with zero attached hydrogens (tertiary/aromatic N) is 1. The van der Waals surface area contributed by atoms with Crippen molar-refractivity contribution >= 4 is 23.0 Å². The highest BCUT2D eigenvalue weighted by atomic mass is 16.5. The molecule has 120 valence electrons. The van der Waals surface area contributed by atoms with E-state index in [1.165, 1.54) is 0 Å². The molecule has 5 heteroatoms. The van der Waals surface area contributed by atoms with Crippen molar-refractivity contribution in [1.82, 2.24) is 0 Å². The summed E-state index contributed by atoms with van der Waals surface area (Å²) in [5.41, 5.74) is 9.88. The maximum absolute atomic E-state index is 12.7. The summed E-state index contributed by atoms with van der Waals surface area (Å²) in [5.74, 6) is -0.150.